The second kappa shape index (κ2) is 6.89. The van der Waals surface area contributed by atoms with Crippen LogP contribution in [0.4, 0.5) is 0 Å². The number of carbonyl (C=O) groups excluding carboxylic acids is 2. The van der Waals surface area contributed by atoms with E-state index in [9.17, 15) is 14.4 Å². The average molecular weight is 297 g/mol. The largest absolute Gasteiger partial charge is 0.480 e. The SMILES string of the molecule is CC(=O)NCC(=O)NC1CC(N(CC(=O)O)CC2CC2)C1. The van der Waals surface area contributed by atoms with Crippen LogP contribution >= 0.6 is 0 Å². The average Bonchev–Trinajstić information content (AvgIpc) is 3.13. The van der Waals surface area contributed by atoms with Crippen LogP contribution in [0.25, 0.3) is 0 Å². The van der Waals surface area contributed by atoms with Gasteiger partial charge in [-0.05, 0) is 31.6 Å². The molecule has 0 saturated heterocycles. The minimum absolute atomic E-state index is 0.00257. The Morgan fingerprint density at radius 2 is 1.90 bits per heavy atom. The smallest absolute Gasteiger partial charge is 0.317 e. The van der Waals surface area contributed by atoms with Crippen molar-refractivity contribution in [1.82, 2.24) is 15.5 Å². The number of hydrogen-bond donors (Lipinski definition) is 3. The van der Waals surface area contributed by atoms with E-state index in [0.717, 1.165) is 19.4 Å². The zero-order valence-corrected chi connectivity index (χ0v) is 12.3. The highest BCUT2D eigenvalue weighted by Crippen LogP contribution is 2.33. The Morgan fingerprint density at radius 1 is 1.24 bits per heavy atom. The van der Waals surface area contributed by atoms with E-state index in [-0.39, 0.29) is 37.0 Å². The van der Waals surface area contributed by atoms with Gasteiger partial charge in [0.15, 0.2) is 0 Å². The first-order valence-electron chi connectivity index (χ1n) is 7.43. The van der Waals surface area contributed by atoms with Gasteiger partial charge in [-0.25, -0.2) is 0 Å². The van der Waals surface area contributed by atoms with Gasteiger partial charge in [0.25, 0.3) is 0 Å². The highest BCUT2D eigenvalue weighted by molar-refractivity contribution is 5.83. The lowest BCUT2D eigenvalue weighted by Crippen LogP contribution is -2.56. The third kappa shape index (κ3) is 5.34. The molecule has 0 aromatic rings. The van der Waals surface area contributed by atoms with E-state index in [1.807, 2.05) is 4.90 Å². The van der Waals surface area contributed by atoms with Gasteiger partial charge < -0.3 is 15.7 Å². The van der Waals surface area contributed by atoms with Crippen molar-refractivity contribution in [2.75, 3.05) is 19.6 Å². The van der Waals surface area contributed by atoms with Gasteiger partial charge in [0.05, 0.1) is 13.1 Å². The van der Waals surface area contributed by atoms with Crippen molar-refractivity contribution in [2.24, 2.45) is 5.92 Å². The van der Waals surface area contributed by atoms with Crippen LogP contribution in [0.15, 0.2) is 0 Å². The van der Waals surface area contributed by atoms with Gasteiger partial charge >= 0.3 is 5.97 Å². The van der Waals surface area contributed by atoms with Crippen molar-refractivity contribution in [3.8, 4) is 0 Å². The predicted molar refractivity (Wildman–Crippen MR) is 75.6 cm³/mol. The molecule has 2 saturated carbocycles. The van der Waals surface area contributed by atoms with Gasteiger partial charge in [-0.15, -0.1) is 0 Å². The van der Waals surface area contributed by atoms with E-state index in [1.165, 1.54) is 19.8 Å². The molecule has 0 aromatic heterocycles. The maximum atomic E-state index is 11.6. The summed E-state index contributed by atoms with van der Waals surface area (Å²) < 4.78 is 0. The number of carboxylic acid groups (broad SMARTS) is 1. The standard InChI is InChI=1S/C14H23N3O4/c1-9(18)15-6-13(19)16-11-4-12(5-11)17(8-14(20)21)7-10-2-3-10/h10-12H,2-8H2,1H3,(H,15,18)(H,16,19)(H,20,21). The Bertz CT molecular complexity index is 416. The first-order chi connectivity index (χ1) is 9.94. The van der Waals surface area contributed by atoms with Gasteiger partial charge in [-0.2, -0.15) is 0 Å². The molecule has 2 aliphatic carbocycles. The van der Waals surface area contributed by atoms with E-state index in [1.54, 1.807) is 0 Å². The summed E-state index contributed by atoms with van der Waals surface area (Å²) in [5.74, 6) is -0.569. The molecular weight excluding hydrogens is 274 g/mol. The number of nitrogens with one attached hydrogen (secondary N) is 2. The second-order valence-corrected chi connectivity index (χ2v) is 6.07. The molecule has 0 unspecified atom stereocenters. The third-order valence-corrected chi connectivity index (χ3v) is 4.02. The van der Waals surface area contributed by atoms with E-state index in [4.69, 9.17) is 5.11 Å². The number of amides is 2. The first-order valence-corrected chi connectivity index (χ1v) is 7.43. The van der Waals surface area contributed by atoms with Crippen LogP contribution in [0.3, 0.4) is 0 Å². The van der Waals surface area contributed by atoms with Crippen LogP contribution in [-0.2, 0) is 14.4 Å². The van der Waals surface area contributed by atoms with Gasteiger partial charge in [-0.3, -0.25) is 19.3 Å². The van der Waals surface area contributed by atoms with E-state index in [2.05, 4.69) is 10.6 Å². The number of aliphatic carboxylic acids is 1. The maximum Gasteiger partial charge on any atom is 0.317 e. The summed E-state index contributed by atoms with van der Waals surface area (Å²) in [6, 6.07) is 0.333. The molecule has 0 radical (unpaired) electrons. The zero-order chi connectivity index (χ0) is 15.4. The molecule has 118 valence electrons. The minimum Gasteiger partial charge on any atom is -0.480 e. The molecule has 0 spiro atoms. The molecule has 2 rings (SSSR count). The zero-order valence-electron chi connectivity index (χ0n) is 12.3. The Kier molecular flexibility index (Phi) is 5.17. The molecule has 0 atom stereocenters. The normalized spacial score (nSPS) is 24.3. The molecular formula is C14H23N3O4. The van der Waals surface area contributed by atoms with Crippen LogP contribution < -0.4 is 10.6 Å². The van der Waals surface area contributed by atoms with Gasteiger partial charge in [0.1, 0.15) is 0 Å². The molecule has 2 amide bonds. The van der Waals surface area contributed by atoms with E-state index < -0.39 is 5.97 Å². The number of rotatable bonds is 8. The molecule has 7 heteroatoms. The first kappa shape index (κ1) is 15.8. The second-order valence-electron chi connectivity index (χ2n) is 6.07. The lowest BCUT2D eigenvalue weighted by molar-refractivity contribution is -0.140. The summed E-state index contributed by atoms with van der Waals surface area (Å²) in [6.45, 7) is 2.29. The lowest BCUT2D eigenvalue weighted by atomic mass is 9.85. The van der Waals surface area contributed by atoms with Crippen molar-refractivity contribution in [1.29, 1.82) is 0 Å². The summed E-state index contributed by atoms with van der Waals surface area (Å²) in [4.78, 5) is 35.2. The topological polar surface area (TPSA) is 98.7 Å². The van der Waals surface area contributed by atoms with Crippen molar-refractivity contribution in [2.45, 2.75) is 44.7 Å². The van der Waals surface area contributed by atoms with Crippen LogP contribution in [-0.4, -0.2) is 59.5 Å². The Morgan fingerprint density at radius 3 is 2.43 bits per heavy atom. The van der Waals surface area contributed by atoms with Gasteiger partial charge in [0, 0.05) is 25.6 Å². The Labute approximate surface area is 124 Å². The van der Waals surface area contributed by atoms with E-state index in [0.29, 0.717) is 5.92 Å². The fourth-order valence-electron chi connectivity index (χ4n) is 2.64. The van der Waals surface area contributed by atoms with E-state index >= 15 is 0 Å². The summed E-state index contributed by atoms with van der Waals surface area (Å²) in [6.07, 6.45) is 3.96. The highest BCUT2D eigenvalue weighted by Gasteiger charge is 2.37. The molecule has 0 aromatic carbocycles. The third-order valence-electron chi connectivity index (χ3n) is 4.02. The minimum atomic E-state index is -0.797. The van der Waals surface area contributed by atoms with Crippen molar-refractivity contribution >= 4 is 17.8 Å². The number of nitrogens with zero attached hydrogens (tertiary/aromatic N) is 1. The predicted octanol–water partition coefficient (Wildman–Crippen LogP) is -0.434. The van der Waals surface area contributed by atoms with Crippen molar-refractivity contribution in [3.63, 3.8) is 0 Å². The Balaban J connectivity index is 1.69. The quantitative estimate of drug-likeness (QED) is 0.564. The molecule has 0 bridgehead atoms. The molecule has 2 fully saturated rings. The molecule has 21 heavy (non-hydrogen) atoms. The van der Waals surface area contributed by atoms with Gasteiger partial charge in [0.2, 0.25) is 11.8 Å². The van der Waals surface area contributed by atoms with Crippen LogP contribution in [0.1, 0.15) is 32.6 Å². The molecule has 7 nitrogen and oxygen atoms in total. The lowest BCUT2D eigenvalue weighted by Gasteiger charge is -2.42. The summed E-state index contributed by atoms with van der Waals surface area (Å²) in [5.41, 5.74) is 0. The summed E-state index contributed by atoms with van der Waals surface area (Å²) in [5, 5.41) is 14.3. The number of carboxylic acids is 1. The molecule has 0 aliphatic heterocycles. The number of carbonyl (C=O) groups is 3. The highest BCUT2D eigenvalue weighted by atomic mass is 16.4. The maximum absolute atomic E-state index is 11.6. The fraction of sp³-hybridized carbons (Fsp3) is 0.786. The van der Waals surface area contributed by atoms with Gasteiger partial charge in [-0.1, -0.05) is 0 Å². The van der Waals surface area contributed by atoms with Crippen LogP contribution in [0, 0.1) is 5.92 Å². The fourth-order valence-corrected chi connectivity index (χ4v) is 2.64. The van der Waals surface area contributed by atoms with Crippen molar-refractivity contribution < 1.29 is 19.5 Å². The Hall–Kier alpha value is -1.63. The molecule has 2 aliphatic rings. The van der Waals surface area contributed by atoms with Crippen molar-refractivity contribution in [3.05, 3.63) is 0 Å². The van der Waals surface area contributed by atoms with Crippen LogP contribution in [0.2, 0.25) is 0 Å². The number of hydrogen-bond acceptors (Lipinski definition) is 4. The molecule has 3 N–H and O–H groups in total. The monoisotopic (exact) mass is 297 g/mol. The summed E-state index contributed by atoms with van der Waals surface area (Å²) >= 11 is 0. The molecule has 0 heterocycles. The van der Waals surface area contributed by atoms with Crippen LogP contribution in [0.5, 0.6) is 0 Å². The summed E-state index contributed by atoms with van der Waals surface area (Å²) in [7, 11) is 0.